The summed E-state index contributed by atoms with van der Waals surface area (Å²) in [7, 11) is 0. The van der Waals surface area contributed by atoms with Crippen LogP contribution in [0.1, 0.15) is 23.5 Å². The zero-order valence-electron chi connectivity index (χ0n) is 11.9. The van der Waals surface area contributed by atoms with Gasteiger partial charge in [0.15, 0.2) is 5.78 Å². The minimum absolute atomic E-state index is 0.0452. The molecule has 0 aromatic carbocycles. The number of hydrogen-bond acceptors (Lipinski definition) is 5. The number of anilines is 1. The Kier molecular flexibility index (Phi) is 5.30. The van der Waals surface area contributed by atoms with E-state index in [4.69, 9.17) is 0 Å². The fourth-order valence-electron chi connectivity index (χ4n) is 2.00. The third-order valence-corrected chi connectivity index (χ3v) is 5.03. The van der Waals surface area contributed by atoms with Crippen molar-refractivity contribution < 1.29 is 4.79 Å². The van der Waals surface area contributed by atoms with Crippen LogP contribution in [0.15, 0.2) is 33.0 Å². The number of ketones is 1. The number of aromatic nitrogens is 2. The van der Waals surface area contributed by atoms with E-state index in [-0.39, 0.29) is 17.9 Å². The van der Waals surface area contributed by atoms with Crippen LogP contribution in [-0.4, -0.2) is 28.7 Å². The molecule has 0 spiro atoms. The maximum atomic E-state index is 12.1. The number of rotatable bonds is 6. The summed E-state index contributed by atoms with van der Waals surface area (Å²) in [6.45, 7) is 5.61. The van der Waals surface area contributed by atoms with Crippen LogP contribution in [0.4, 0.5) is 5.69 Å². The molecule has 0 amide bonds. The van der Waals surface area contributed by atoms with Crippen molar-refractivity contribution in [2.75, 3.05) is 18.0 Å². The van der Waals surface area contributed by atoms with Crippen LogP contribution in [-0.2, 0) is 6.54 Å². The van der Waals surface area contributed by atoms with E-state index < -0.39 is 0 Å². The van der Waals surface area contributed by atoms with E-state index in [0.29, 0.717) is 4.88 Å². The molecule has 0 N–H and O–H groups in total. The molecule has 2 aromatic heterocycles. The Balaban J connectivity index is 2.20. The van der Waals surface area contributed by atoms with Gasteiger partial charge in [-0.15, -0.1) is 11.3 Å². The summed E-state index contributed by atoms with van der Waals surface area (Å²) >= 11 is 4.67. The zero-order chi connectivity index (χ0) is 15.4. The van der Waals surface area contributed by atoms with Gasteiger partial charge in [-0.2, -0.15) is 5.10 Å². The van der Waals surface area contributed by atoms with Gasteiger partial charge in [-0.1, -0.05) is 0 Å². The van der Waals surface area contributed by atoms with Gasteiger partial charge in [-0.05, 0) is 41.2 Å². The molecule has 2 aromatic rings. The van der Waals surface area contributed by atoms with Gasteiger partial charge in [0, 0.05) is 23.6 Å². The Morgan fingerprint density at radius 1 is 1.43 bits per heavy atom. The van der Waals surface area contributed by atoms with Crippen molar-refractivity contribution in [1.82, 2.24) is 9.78 Å². The van der Waals surface area contributed by atoms with Crippen LogP contribution >= 0.6 is 27.3 Å². The number of Topliss-reactive ketones (excluding diaryl/α,β-unsaturated/α-hetero) is 1. The molecular formula is C14H16BrN3O2S. The summed E-state index contributed by atoms with van der Waals surface area (Å²) in [6.07, 6.45) is 1.63. The average molecular weight is 370 g/mol. The van der Waals surface area contributed by atoms with Crippen LogP contribution in [0, 0.1) is 0 Å². The molecule has 21 heavy (non-hydrogen) atoms. The second-order valence-electron chi connectivity index (χ2n) is 4.40. The third-order valence-electron chi connectivity index (χ3n) is 3.15. The summed E-state index contributed by atoms with van der Waals surface area (Å²) in [5.41, 5.74) is 0.520. The van der Waals surface area contributed by atoms with Gasteiger partial charge >= 0.3 is 0 Å². The maximum Gasteiger partial charge on any atom is 0.269 e. The summed E-state index contributed by atoms with van der Waals surface area (Å²) in [4.78, 5) is 26.9. The van der Waals surface area contributed by atoms with Gasteiger partial charge < -0.3 is 4.90 Å². The van der Waals surface area contributed by atoms with Crippen LogP contribution < -0.4 is 10.5 Å². The van der Waals surface area contributed by atoms with Crippen LogP contribution in [0.2, 0.25) is 0 Å². The predicted octanol–water partition coefficient (Wildman–Crippen LogP) is 2.80. The smallest absolute Gasteiger partial charge is 0.269 e. The number of carbonyl (C=O) groups is 1. The summed E-state index contributed by atoms with van der Waals surface area (Å²) < 4.78 is 1.95. The van der Waals surface area contributed by atoms with E-state index in [1.807, 2.05) is 30.2 Å². The Hall–Kier alpha value is -1.47. The lowest BCUT2D eigenvalue weighted by Crippen LogP contribution is -2.29. The highest BCUT2D eigenvalue weighted by Gasteiger charge is 2.14. The van der Waals surface area contributed by atoms with Crippen molar-refractivity contribution >= 4 is 38.7 Å². The number of hydrogen-bond donors (Lipinski definition) is 0. The average Bonchev–Trinajstić information content (AvgIpc) is 2.89. The van der Waals surface area contributed by atoms with E-state index in [9.17, 15) is 9.59 Å². The Bertz CT molecular complexity index is 692. The molecule has 2 heterocycles. The second kappa shape index (κ2) is 7.00. The molecule has 0 aliphatic heterocycles. The molecule has 0 saturated heterocycles. The number of thiophene rings is 1. The largest absolute Gasteiger partial charge is 0.371 e. The van der Waals surface area contributed by atoms with Gasteiger partial charge in [0.05, 0.1) is 16.8 Å². The fraction of sp³-hybridized carbons (Fsp3) is 0.357. The van der Waals surface area contributed by atoms with Crippen LogP contribution in [0.5, 0.6) is 0 Å². The van der Waals surface area contributed by atoms with Gasteiger partial charge in [-0.25, -0.2) is 4.68 Å². The van der Waals surface area contributed by atoms with E-state index in [1.165, 1.54) is 22.1 Å². The molecule has 112 valence electrons. The first-order valence-corrected chi connectivity index (χ1v) is 8.32. The van der Waals surface area contributed by atoms with Crippen molar-refractivity contribution in [2.24, 2.45) is 0 Å². The standard InChI is InChI=1S/C14H16BrN3O2S/c1-3-17(4-2)10-7-13(20)18(16-8-10)9-12(19)14-11(15)5-6-21-14/h5-8H,3-4,9H2,1-2H3. The van der Waals surface area contributed by atoms with Crippen molar-refractivity contribution in [3.05, 3.63) is 43.4 Å². The molecule has 0 aliphatic rings. The van der Waals surface area contributed by atoms with Gasteiger partial charge in [0.1, 0.15) is 6.54 Å². The second-order valence-corrected chi connectivity index (χ2v) is 6.17. The first-order chi connectivity index (χ1) is 10.1. The molecule has 7 heteroatoms. The highest BCUT2D eigenvalue weighted by atomic mass is 79.9. The molecule has 0 unspecified atom stereocenters. The topological polar surface area (TPSA) is 55.2 Å². The molecule has 0 atom stereocenters. The van der Waals surface area contributed by atoms with Crippen molar-refractivity contribution in [1.29, 1.82) is 0 Å². The first kappa shape index (κ1) is 15.9. The SMILES string of the molecule is CCN(CC)c1cnn(CC(=O)c2sccc2Br)c(=O)c1. The molecule has 0 fully saturated rings. The monoisotopic (exact) mass is 369 g/mol. The Labute approximate surface area is 135 Å². The lowest BCUT2D eigenvalue weighted by Gasteiger charge is -2.20. The minimum Gasteiger partial charge on any atom is -0.371 e. The highest BCUT2D eigenvalue weighted by Crippen LogP contribution is 2.23. The molecule has 0 aliphatic carbocycles. The zero-order valence-corrected chi connectivity index (χ0v) is 14.3. The minimum atomic E-state index is -0.263. The maximum absolute atomic E-state index is 12.1. The fourth-order valence-corrected chi connectivity index (χ4v) is 3.53. The lowest BCUT2D eigenvalue weighted by atomic mass is 10.3. The molecule has 0 radical (unpaired) electrons. The summed E-state index contributed by atoms with van der Waals surface area (Å²) in [5.74, 6) is -0.123. The molecule has 0 saturated carbocycles. The Morgan fingerprint density at radius 2 is 2.14 bits per heavy atom. The highest BCUT2D eigenvalue weighted by molar-refractivity contribution is 9.10. The van der Waals surface area contributed by atoms with E-state index in [2.05, 4.69) is 21.0 Å². The molecule has 5 nitrogen and oxygen atoms in total. The third kappa shape index (κ3) is 3.59. The number of nitrogens with zero attached hydrogens (tertiary/aromatic N) is 3. The summed E-state index contributed by atoms with van der Waals surface area (Å²) in [6, 6.07) is 3.34. The molecule has 2 rings (SSSR count). The van der Waals surface area contributed by atoms with Crippen LogP contribution in [0.3, 0.4) is 0 Å². The van der Waals surface area contributed by atoms with E-state index >= 15 is 0 Å². The quantitative estimate of drug-likeness (QED) is 0.734. The predicted molar refractivity (Wildman–Crippen MR) is 88.4 cm³/mol. The van der Waals surface area contributed by atoms with Crippen molar-refractivity contribution in [3.8, 4) is 0 Å². The summed E-state index contributed by atoms with van der Waals surface area (Å²) in [5, 5.41) is 5.94. The van der Waals surface area contributed by atoms with Gasteiger partial charge in [-0.3, -0.25) is 9.59 Å². The number of halogens is 1. The van der Waals surface area contributed by atoms with Gasteiger partial charge in [0.2, 0.25) is 0 Å². The van der Waals surface area contributed by atoms with Crippen molar-refractivity contribution in [2.45, 2.75) is 20.4 Å². The lowest BCUT2D eigenvalue weighted by molar-refractivity contribution is 0.0969. The van der Waals surface area contributed by atoms with Crippen LogP contribution in [0.25, 0.3) is 0 Å². The molecule has 0 bridgehead atoms. The first-order valence-electron chi connectivity index (χ1n) is 6.65. The Morgan fingerprint density at radius 3 is 2.67 bits per heavy atom. The number of carbonyl (C=O) groups excluding carboxylic acids is 1. The molecular weight excluding hydrogens is 354 g/mol. The van der Waals surface area contributed by atoms with E-state index in [1.54, 1.807) is 6.20 Å². The van der Waals surface area contributed by atoms with E-state index in [0.717, 1.165) is 23.2 Å². The van der Waals surface area contributed by atoms with Gasteiger partial charge in [0.25, 0.3) is 5.56 Å². The van der Waals surface area contributed by atoms with Crippen molar-refractivity contribution in [3.63, 3.8) is 0 Å². The normalized spacial score (nSPS) is 10.6.